The molecular formula is C57H56N12S2. The number of aromatic nitrogens is 11. The average molecular weight is 973 g/mol. The Balaban J connectivity index is 0.000000173. The molecule has 0 spiro atoms. The van der Waals surface area contributed by atoms with Gasteiger partial charge in [-0.2, -0.15) is 10.2 Å². The minimum Gasteiger partial charge on any atom is -0.359 e. The van der Waals surface area contributed by atoms with Crippen LogP contribution in [-0.4, -0.2) is 55.3 Å². The number of allylic oxidation sites excluding steroid dienone is 5. The molecule has 0 fully saturated rings. The van der Waals surface area contributed by atoms with Gasteiger partial charge in [0.2, 0.25) is 0 Å². The quantitative estimate of drug-likeness (QED) is 0.0755. The predicted molar refractivity (Wildman–Crippen MR) is 297 cm³/mol. The molecule has 0 aliphatic carbocycles. The largest absolute Gasteiger partial charge is 0.359 e. The predicted octanol–water partition coefficient (Wildman–Crippen LogP) is 15.1. The second-order valence-electron chi connectivity index (χ2n) is 17.3. The van der Waals surface area contributed by atoms with Crippen LogP contribution < -0.4 is 5.32 Å². The van der Waals surface area contributed by atoms with Gasteiger partial charge >= 0.3 is 0 Å². The van der Waals surface area contributed by atoms with E-state index in [1.807, 2.05) is 94.0 Å². The van der Waals surface area contributed by atoms with Gasteiger partial charge in [-0.3, -0.25) is 25.1 Å². The highest BCUT2D eigenvalue weighted by Gasteiger charge is 2.19. The molecule has 0 unspecified atom stereocenters. The molecule has 12 nitrogen and oxygen atoms in total. The van der Waals surface area contributed by atoms with Crippen molar-refractivity contribution in [3.05, 3.63) is 167 Å². The lowest BCUT2D eigenvalue weighted by atomic mass is 10.1. The van der Waals surface area contributed by atoms with Crippen LogP contribution in [0.2, 0.25) is 0 Å². The highest BCUT2D eigenvalue weighted by molar-refractivity contribution is 7.15. The van der Waals surface area contributed by atoms with Gasteiger partial charge in [0.1, 0.15) is 22.4 Å². The van der Waals surface area contributed by atoms with E-state index >= 15 is 0 Å². The first-order chi connectivity index (χ1) is 34.5. The molecular weight excluding hydrogens is 917 g/mol. The number of rotatable bonds is 12. The number of nitrogens with zero attached hydrogens (tertiary/aromatic N) is 7. The Morgan fingerprint density at radius 2 is 1.27 bits per heavy atom. The smallest absolute Gasteiger partial charge is 0.135 e. The van der Waals surface area contributed by atoms with Gasteiger partial charge in [-0.25, -0.2) is 9.97 Å². The fraction of sp³-hybridized carbons (Fsp3) is 0.175. The maximum absolute atomic E-state index is 5.03. The van der Waals surface area contributed by atoms with Crippen LogP contribution in [0.1, 0.15) is 62.1 Å². The summed E-state index contributed by atoms with van der Waals surface area (Å²) in [6.45, 7) is 24.8. The number of hydrogen-bond acceptors (Lipinski definition) is 10. The van der Waals surface area contributed by atoms with Crippen molar-refractivity contribution in [3.63, 3.8) is 0 Å². The molecule has 14 heteroatoms. The first-order valence-electron chi connectivity index (χ1n) is 23.7. The van der Waals surface area contributed by atoms with Gasteiger partial charge in [-0.05, 0) is 142 Å². The summed E-state index contributed by atoms with van der Waals surface area (Å²) in [6, 6.07) is 26.8. The highest BCUT2D eigenvalue weighted by Crippen LogP contribution is 2.37. The Kier molecular flexibility index (Phi) is 14.1. The molecule has 11 aromatic heterocycles. The molecule has 356 valence electrons. The second kappa shape index (κ2) is 20.9. The molecule has 71 heavy (non-hydrogen) atoms. The standard InChI is InChI=1S/C31H32N6S.C24H18N6S.C2H6/c1-7-21(16-22(8-2)33-19(5)15-18(3)4)24-10-11-26-30(35-24)31(37-36-26)27-17-23-25(34-27)13-14-32-29(23)28-12-9-20(6)38-28;1-13-7-9-25-12-16(13)17-4-5-19-23(28-17)24(30-29-19)20-11-15-18(27-20)8-10-26-22(15)21-6-3-14(2)31-21;1-2/h7-14,16-18,33-34H,2,5,15H2,1,3-4,6H3,(H,36,37);3-12,27H,1-2H3,(H,29,30);1-2H3/b21-7+,22-16+;;. The number of aryl methyl sites for hydroxylation is 3. The van der Waals surface area contributed by atoms with Crippen molar-refractivity contribution in [3.8, 4) is 55.2 Å². The maximum atomic E-state index is 5.03. The Morgan fingerprint density at radius 1 is 0.690 bits per heavy atom. The van der Waals surface area contributed by atoms with Crippen LogP contribution in [0.3, 0.4) is 0 Å². The van der Waals surface area contributed by atoms with Crippen molar-refractivity contribution < 1.29 is 0 Å². The van der Waals surface area contributed by atoms with E-state index in [0.29, 0.717) is 5.92 Å². The van der Waals surface area contributed by atoms with Crippen molar-refractivity contribution in [1.29, 1.82) is 0 Å². The third-order valence-electron chi connectivity index (χ3n) is 11.8. The van der Waals surface area contributed by atoms with E-state index in [2.05, 4.69) is 141 Å². The average Bonchev–Trinajstić information content (AvgIpc) is 4.25. The first kappa shape index (κ1) is 48.0. The minimum atomic E-state index is 0.525. The summed E-state index contributed by atoms with van der Waals surface area (Å²) in [4.78, 5) is 35.4. The summed E-state index contributed by atoms with van der Waals surface area (Å²) in [5, 5.41) is 21.0. The Bertz CT molecular complexity index is 3770. The summed E-state index contributed by atoms with van der Waals surface area (Å²) in [7, 11) is 0. The summed E-state index contributed by atoms with van der Waals surface area (Å²) in [5.41, 5.74) is 17.5. The second-order valence-corrected chi connectivity index (χ2v) is 19.9. The molecule has 11 rings (SSSR count). The zero-order valence-corrected chi connectivity index (χ0v) is 42.8. The summed E-state index contributed by atoms with van der Waals surface area (Å²) < 4.78 is 0. The molecule has 0 aromatic carbocycles. The van der Waals surface area contributed by atoms with Crippen molar-refractivity contribution in [2.45, 2.75) is 61.8 Å². The number of pyridine rings is 5. The zero-order chi connectivity index (χ0) is 49.8. The molecule has 11 aromatic rings. The molecule has 0 atom stereocenters. The molecule has 0 saturated carbocycles. The number of thiophene rings is 2. The third kappa shape index (κ3) is 10.0. The fourth-order valence-electron chi connectivity index (χ4n) is 8.46. The van der Waals surface area contributed by atoms with Crippen molar-refractivity contribution >= 4 is 72.1 Å². The van der Waals surface area contributed by atoms with Gasteiger partial charge in [-0.15, -0.1) is 22.7 Å². The van der Waals surface area contributed by atoms with Crippen molar-refractivity contribution in [1.82, 2.24) is 60.6 Å². The lowest BCUT2D eigenvalue weighted by molar-refractivity contribution is 0.622. The van der Waals surface area contributed by atoms with Crippen molar-refractivity contribution in [2.75, 3.05) is 0 Å². The van der Waals surface area contributed by atoms with Gasteiger partial charge in [0.15, 0.2) is 0 Å². The van der Waals surface area contributed by atoms with Gasteiger partial charge in [0, 0.05) is 73.3 Å². The first-order valence-corrected chi connectivity index (χ1v) is 25.3. The van der Waals surface area contributed by atoms with Crippen LogP contribution >= 0.6 is 22.7 Å². The Morgan fingerprint density at radius 3 is 1.79 bits per heavy atom. The van der Waals surface area contributed by atoms with E-state index in [9.17, 15) is 0 Å². The monoisotopic (exact) mass is 972 g/mol. The van der Waals surface area contributed by atoms with Crippen LogP contribution in [0.5, 0.6) is 0 Å². The lowest BCUT2D eigenvalue weighted by Gasteiger charge is -2.13. The molecule has 11 heterocycles. The Labute approximate surface area is 420 Å². The molecule has 0 bridgehead atoms. The number of aromatic amines is 4. The number of fused-ring (bicyclic) bond motifs is 4. The molecule has 0 aliphatic rings. The summed E-state index contributed by atoms with van der Waals surface area (Å²) in [6.07, 6.45) is 14.1. The van der Waals surface area contributed by atoms with Gasteiger partial charge in [-0.1, -0.05) is 46.9 Å². The topological polar surface area (TPSA) is 165 Å². The molecule has 0 radical (unpaired) electrons. The fourth-order valence-corrected chi connectivity index (χ4v) is 10.2. The minimum absolute atomic E-state index is 0.525. The van der Waals surface area contributed by atoms with Gasteiger partial charge < -0.3 is 15.3 Å². The van der Waals surface area contributed by atoms with Crippen LogP contribution in [-0.2, 0) is 0 Å². The number of hydrogen-bond donors (Lipinski definition) is 5. The van der Waals surface area contributed by atoms with E-state index in [1.54, 1.807) is 28.9 Å². The normalized spacial score (nSPS) is 11.8. The van der Waals surface area contributed by atoms with Crippen LogP contribution in [0.15, 0.2) is 146 Å². The maximum Gasteiger partial charge on any atom is 0.135 e. The van der Waals surface area contributed by atoms with E-state index < -0.39 is 0 Å². The van der Waals surface area contributed by atoms with E-state index in [0.717, 1.165) is 134 Å². The third-order valence-corrected chi connectivity index (χ3v) is 13.8. The van der Waals surface area contributed by atoms with Gasteiger partial charge in [0.05, 0.1) is 55.0 Å². The zero-order valence-electron chi connectivity index (χ0n) is 41.2. The number of H-pyrrole nitrogens is 4. The SMILES string of the molecule is C=C/C(=C\C(=C/C)c1ccc2[nH]nc(-c3cc4c(-c5ccc(C)s5)nccc4[nH]3)c2n1)NC(=C)CC(C)C.CC.Cc1ccc(-c2nccc3[nH]c(-c4n[nH]c5ccc(-c6cnccc6C)nc45)cc23)s1. The number of nitrogens with one attached hydrogen (secondary N) is 5. The van der Waals surface area contributed by atoms with Crippen LogP contribution in [0.4, 0.5) is 0 Å². The molecule has 0 saturated heterocycles. The molecule has 5 N–H and O–H groups in total. The van der Waals surface area contributed by atoms with E-state index in [-0.39, 0.29) is 0 Å². The summed E-state index contributed by atoms with van der Waals surface area (Å²) in [5.74, 6) is 0.525. The van der Waals surface area contributed by atoms with Crippen LogP contribution in [0.25, 0.3) is 105 Å². The van der Waals surface area contributed by atoms with Gasteiger partial charge in [0.25, 0.3) is 0 Å². The van der Waals surface area contributed by atoms with Crippen molar-refractivity contribution in [2.24, 2.45) is 5.92 Å². The van der Waals surface area contributed by atoms with E-state index in [1.165, 1.54) is 9.75 Å². The lowest BCUT2D eigenvalue weighted by Crippen LogP contribution is -2.12. The highest BCUT2D eigenvalue weighted by atomic mass is 32.1. The van der Waals surface area contributed by atoms with E-state index in [4.69, 9.17) is 9.97 Å². The summed E-state index contributed by atoms with van der Waals surface area (Å²) >= 11 is 3.49. The Hall–Kier alpha value is -8.07. The van der Waals surface area contributed by atoms with Crippen LogP contribution in [0, 0.1) is 26.7 Å². The molecule has 0 amide bonds. The molecule has 0 aliphatic heterocycles.